The molecule has 0 aromatic heterocycles. The van der Waals surface area contributed by atoms with Gasteiger partial charge in [0.15, 0.2) is 5.75 Å². The van der Waals surface area contributed by atoms with E-state index in [1.165, 1.54) is 0 Å². The molecule has 0 aliphatic carbocycles. The second kappa shape index (κ2) is 5.18. The van der Waals surface area contributed by atoms with Gasteiger partial charge < -0.3 is 10.5 Å². The number of hydrogen-bond acceptors (Lipinski definition) is 3. The standard InChI is InChI=1S/C13H8Cl2N2O/c14-8-4-5-11(17)13(6-8)18-12-3-1-2-10(15)9(12)7-16/h1-6H,17H2. The normalized spacial score (nSPS) is 9.83. The van der Waals surface area contributed by atoms with Crippen LogP contribution in [0.1, 0.15) is 5.56 Å². The maximum atomic E-state index is 9.03. The van der Waals surface area contributed by atoms with Crippen LogP contribution in [0.3, 0.4) is 0 Å². The number of benzene rings is 2. The van der Waals surface area contributed by atoms with E-state index in [1.54, 1.807) is 36.4 Å². The number of anilines is 1. The minimum atomic E-state index is 0.263. The second-order valence-electron chi connectivity index (χ2n) is 3.51. The number of ether oxygens (including phenoxy) is 1. The molecule has 2 N–H and O–H groups in total. The molecule has 5 heteroatoms. The van der Waals surface area contributed by atoms with Gasteiger partial charge in [0.2, 0.25) is 0 Å². The van der Waals surface area contributed by atoms with Crippen molar-refractivity contribution in [1.29, 1.82) is 5.26 Å². The topological polar surface area (TPSA) is 59.0 Å². The van der Waals surface area contributed by atoms with Crippen LogP contribution in [0.2, 0.25) is 10.0 Å². The first kappa shape index (κ1) is 12.6. The molecular weight excluding hydrogens is 271 g/mol. The highest BCUT2D eigenvalue weighted by Gasteiger charge is 2.10. The molecule has 3 nitrogen and oxygen atoms in total. The van der Waals surface area contributed by atoms with Crippen LogP contribution in [0.15, 0.2) is 36.4 Å². The zero-order valence-electron chi connectivity index (χ0n) is 9.15. The third kappa shape index (κ3) is 2.51. The molecule has 0 radical (unpaired) electrons. The molecule has 0 aliphatic rings. The molecule has 0 fully saturated rings. The molecule has 2 aromatic carbocycles. The Balaban J connectivity index is 2.44. The summed E-state index contributed by atoms with van der Waals surface area (Å²) in [5.41, 5.74) is 6.46. The third-order valence-corrected chi connectivity index (χ3v) is 2.83. The Morgan fingerprint density at radius 3 is 2.61 bits per heavy atom. The lowest BCUT2D eigenvalue weighted by Crippen LogP contribution is -1.94. The van der Waals surface area contributed by atoms with Crippen LogP contribution in [0, 0.1) is 11.3 Å². The maximum absolute atomic E-state index is 9.03. The predicted molar refractivity (Wildman–Crippen MR) is 72.1 cm³/mol. The number of nitrogens with two attached hydrogens (primary N) is 1. The predicted octanol–water partition coefficient (Wildman–Crippen LogP) is 4.24. The molecule has 0 aliphatic heterocycles. The number of nitriles is 1. The van der Waals surface area contributed by atoms with E-state index in [1.807, 2.05) is 6.07 Å². The summed E-state index contributed by atoms with van der Waals surface area (Å²) in [6.45, 7) is 0. The molecule has 0 atom stereocenters. The lowest BCUT2D eigenvalue weighted by Gasteiger charge is -2.10. The smallest absolute Gasteiger partial charge is 0.151 e. The Labute approximate surface area is 114 Å². The summed E-state index contributed by atoms with van der Waals surface area (Å²) in [4.78, 5) is 0. The van der Waals surface area contributed by atoms with Crippen molar-refractivity contribution in [2.45, 2.75) is 0 Å². The molecule has 2 rings (SSSR count). The van der Waals surface area contributed by atoms with E-state index in [9.17, 15) is 0 Å². The molecule has 0 saturated heterocycles. The van der Waals surface area contributed by atoms with Gasteiger partial charge in [-0.05, 0) is 24.3 Å². The maximum Gasteiger partial charge on any atom is 0.151 e. The summed E-state index contributed by atoms with van der Waals surface area (Å²) in [6.07, 6.45) is 0. The monoisotopic (exact) mass is 278 g/mol. The van der Waals surface area contributed by atoms with Gasteiger partial charge in [-0.2, -0.15) is 5.26 Å². The van der Waals surface area contributed by atoms with Gasteiger partial charge in [0.25, 0.3) is 0 Å². The number of nitrogens with zero attached hydrogens (tertiary/aromatic N) is 1. The van der Waals surface area contributed by atoms with E-state index in [0.717, 1.165) is 0 Å². The second-order valence-corrected chi connectivity index (χ2v) is 4.35. The fraction of sp³-hybridized carbons (Fsp3) is 0. The first-order chi connectivity index (χ1) is 8.61. The zero-order valence-corrected chi connectivity index (χ0v) is 10.7. The molecule has 0 unspecified atom stereocenters. The first-order valence-corrected chi connectivity index (χ1v) is 5.79. The molecule has 0 amide bonds. The number of hydrogen-bond donors (Lipinski definition) is 1. The molecule has 0 saturated carbocycles. The third-order valence-electron chi connectivity index (χ3n) is 2.28. The Hall–Kier alpha value is -1.89. The summed E-state index contributed by atoms with van der Waals surface area (Å²) in [5.74, 6) is 0.736. The fourth-order valence-corrected chi connectivity index (χ4v) is 1.78. The highest BCUT2D eigenvalue weighted by atomic mass is 35.5. The fourth-order valence-electron chi connectivity index (χ4n) is 1.41. The Morgan fingerprint density at radius 2 is 1.89 bits per heavy atom. The summed E-state index contributed by atoms with van der Waals surface area (Å²) in [5, 5.41) is 9.86. The van der Waals surface area contributed by atoms with Crippen LogP contribution >= 0.6 is 23.2 Å². The largest absolute Gasteiger partial charge is 0.454 e. The molecule has 18 heavy (non-hydrogen) atoms. The highest BCUT2D eigenvalue weighted by Crippen LogP contribution is 2.33. The van der Waals surface area contributed by atoms with Gasteiger partial charge >= 0.3 is 0 Å². The van der Waals surface area contributed by atoms with E-state index >= 15 is 0 Å². The van der Waals surface area contributed by atoms with E-state index in [2.05, 4.69) is 0 Å². The lowest BCUT2D eigenvalue weighted by atomic mass is 10.2. The number of nitrogen functional groups attached to an aromatic ring is 1. The van der Waals surface area contributed by atoms with Crippen molar-refractivity contribution >= 4 is 28.9 Å². The summed E-state index contributed by atoms with van der Waals surface area (Å²) >= 11 is 11.8. The minimum absolute atomic E-state index is 0.263. The molecule has 0 bridgehead atoms. The average Bonchev–Trinajstić information content (AvgIpc) is 2.34. The minimum Gasteiger partial charge on any atom is -0.454 e. The van der Waals surface area contributed by atoms with Gasteiger partial charge in [-0.15, -0.1) is 0 Å². The summed E-state index contributed by atoms with van der Waals surface area (Å²) < 4.78 is 5.58. The van der Waals surface area contributed by atoms with Crippen molar-refractivity contribution in [3.63, 3.8) is 0 Å². The van der Waals surface area contributed by atoms with E-state index in [4.69, 9.17) is 38.9 Å². The van der Waals surface area contributed by atoms with Gasteiger partial charge in [0, 0.05) is 11.1 Å². The highest BCUT2D eigenvalue weighted by molar-refractivity contribution is 6.32. The van der Waals surface area contributed by atoms with Crippen LogP contribution < -0.4 is 10.5 Å². The van der Waals surface area contributed by atoms with Crippen molar-refractivity contribution in [3.8, 4) is 17.6 Å². The van der Waals surface area contributed by atoms with Gasteiger partial charge in [-0.1, -0.05) is 29.3 Å². The number of rotatable bonds is 2. The average molecular weight is 279 g/mol. The van der Waals surface area contributed by atoms with E-state index < -0.39 is 0 Å². The molecule has 0 spiro atoms. The quantitative estimate of drug-likeness (QED) is 0.836. The lowest BCUT2D eigenvalue weighted by molar-refractivity contribution is 0.483. The molecule has 2 aromatic rings. The Kier molecular flexibility index (Phi) is 3.61. The Bertz CT molecular complexity index is 635. The van der Waals surface area contributed by atoms with Crippen LogP contribution in [-0.4, -0.2) is 0 Å². The van der Waals surface area contributed by atoms with Crippen LogP contribution in [0.4, 0.5) is 5.69 Å². The van der Waals surface area contributed by atoms with Gasteiger partial charge in [0.1, 0.15) is 17.4 Å². The molecule has 0 heterocycles. The van der Waals surface area contributed by atoms with Crippen LogP contribution in [0.5, 0.6) is 11.5 Å². The van der Waals surface area contributed by atoms with Gasteiger partial charge in [0.05, 0.1) is 10.7 Å². The Morgan fingerprint density at radius 1 is 1.11 bits per heavy atom. The number of halogens is 2. The molecule has 90 valence electrons. The summed E-state index contributed by atoms with van der Waals surface area (Å²) in [6, 6.07) is 11.8. The van der Waals surface area contributed by atoms with Crippen molar-refractivity contribution in [1.82, 2.24) is 0 Å². The SMILES string of the molecule is N#Cc1c(Cl)cccc1Oc1cc(Cl)ccc1N. The van der Waals surface area contributed by atoms with E-state index in [0.29, 0.717) is 27.2 Å². The zero-order chi connectivity index (χ0) is 13.1. The van der Waals surface area contributed by atoms with Crippen molar-refractivity contribution in [3.05, 3.63) is 52.0 Å². The van der Waals surface area contributed by atoms with Crippen LogP contribution in [0.25, 0.3) is 0 Å². The van der Waals surface area contributed by atoms with Crippen molar-refractivity contribution in [2.24, 2.45) is 0 Å². The van der Waals surface area contributed by atoms with Crippen LogP contribution in [-0.2, 0) is 0 Å². The van der Waals surface area contributed by atoms with Crippen molar-refractivity contribution < 1.29 is 4.74 Å². The van der Waals surface area contributed by atoms with Gasteiger partial charge in [-0.25, -0.2) is 0 Å². The van der Waals surface area contributed by atoms with Gasteiger partial charge in [-0.3, -0.25) is 0 Å². The first-order valence-electron chi connectivity index (χ1n) is 5.03. The molecular formula is C13H8Cl2N2O. The van der Waals surface area contributed by atoms with E-state index in [-0.39, 0.29) is 5.56 Å². The summed E-state index contributed by atoms with van der Waals surface area (Å²) in [7, 11) is 0. The van der Waals surface area contributed by atoms with Crippen molar-refractivity contribution in [2.75, 3.05) is 5.73 Å².